The van der Waals surface area contributed by atoms with E-state index < -0.39 is 5.91 Å². The summed E-state index contributed by atoms with van der Waals surface area (Å²) in [6, 6.07) is 0. The van der Waals surface area contributed by atoms with E-state index in [4.69, 9.17) is 5.73 Å². The number of carbonyl (C=O) groups is 1. The quantitative estimate of drug-likeness (QED) is 0.833. The topological polar surface area (TPSA) is 60.9 Å². The van der Waals surface area contributed by atoms with Crippen LogP contribution in [0.2, 0.25) is 0 Å². The van der Waals surface area contributed by atoms with Crippen LogP contribution in [-0.2, 0) is 12.4 Å². The number of amides is 1. The Morgan fingerprint density at radius 3 is 2.58 bits per heavy atom. The number of hydrogen-bond donors (Lipinski definition) is 1. The summed E-state index contributed by atoms with van der Waals surface area (Å²) < 4.78 is 2.12. The molecule has 0 aliphatic carbocycles. The van der Waals surface area contributed by atoms with Crippen molar-refractivity contribution >= 4 is 37.8 Å². The van der Waals surface area contributed by atoms with E-state index in [0.717, 1.165) is 5.69 Å². The summed E-state index contributed by atoms with van der Waals surface area (Å²) in [7, 11) is 1.68. The van der Waals surface area contributed by atoms with Crippen LogP contribution in [0.1, 0.15) is 16.2 Å². The summed E-state index contributed by atoms with van der Waals surface area (Å²) in [5, 5.41) is 4.66. The van der Waals surface area contributed by atoms with Gasteiger partial charge in [-0.1, -0.05) is 15.9 Å². The molecule has 0 fully saturated rings. The summed E-state index contributed by atoms with van der Waals surface area (Å²) in [6.45, 7) is 0. The fourth-order valence-electron chi connectivity index (χ4n) is 0.907. The molecule has 1 amide bonds. The van der Waals surface area contributed by atoms with Gasteiger partial charge in [0.25, 0.3) is 5.91 Å². The lowest BCUT2D eigenvalue weighted by atomic mass is 10.3. The van der Waals surface area contributed by atoms with Gasteiger partial charge in [-0.05, 0) is 15.9 Å². The van der Waals surface area contributed by atoms with Crippen LogP contribution >= 0.6 is 31.9 Å². The molecule has 0 aliphatic heterocycles. The van der Waals surface area contributed by atoms with Crippen molar-refractivity contribution in [3.63, 3.8) is 0 Å². The molecule has 12 heavy (non-hydrogen) atoms. The normalized spacial score (nSPS) is 10.2. The van der Waals surface area contributed by atoms with Crippen molar-refractivity contribution in [2.24, 2.45) is 12.8 Å². The van der Waals surface area contributed by atoms with Crippen LogP contribution in [0, 0.1) is 0 Å². The average molecular weight is 297 g/mol. The van der Waals surface area contributed by atoms with Crippen molar-refractivity contribution in [3.05, 3.63) is 15.9 Å². The van der Waals surface area contributed by atoms with Crippen molar-refractivity contribution in [3.8, 4) is 0 Å². The molecule has 66 valence electrons. The first-order valence-corrected chi connectivity index (χ1v) is 5.06. The van der Waals surface area contributed by atoms with Gasteiger partial charge in [0.1, 0.15) is 5.69 Å². The Bertz CT molecular complexity index is 321. The van der Waals surface area contributed by atoms with Gasteiger partial charge in [-0.3, -0.25) is 9.48 Å². The van der Waals surface area contributed by atoms with E-state index in [1.807, 2.05) is 0 Å². The minimum atomic E-state index is -0.482. The molecule has 0 spiro atoms. The van der Waals surface area contributed by atoms with Crippen molar-refractivity contribution < 1.29 is 4.79 Å². The smallest absolute Gasteiger partial charge is 0.268 e. The van der Waals surface area contributed by atoms with Gasteiger partial charge in [0.2, 0.25) is 0 Å². The Hall–Kier alpha value is -0.360. The zero-order valence-electron chi connectivity index (χ0n) is 6.34. The number of alkyl halides is 1. The Morgan fingerprint density at radius 1 is 1.75 bits per heavy atom. The number of primary amides is 1. The van der Waals surface area contributed by atoms with Crippen LogP contribution in [0.5, 0.6) is 0 Å². The first kappa shape index (κ1) is 9.73. The van der Waals surface area contributed by atoms with E-state index in [2.05, 4.69) is 37.0 Å². The monoisotopic (exact) mass is 295 g/mol. The van der Waals surface area contributed by atoms with E-state index in [0.29, 0.717) is 15.5 Å². The van der Waals surface area contributed by atoms with Crippen molar-refractivity contribution in [2.75, 3.05) is 0 Å². The van der Waals surface area contributed by atoms with E-state index in [9.17, 15) is 4.79 Å². The summed E-state index contributed by atoms with van der Waals surface area (Å²) in [5.41, 5.74) is 6.30. The number of hydrogen-bond acceptors (Lipinski definition) is 2. The number of nitrogens with two attached hydrogens (primary N) is 1. The Balaban J connectivity index is 3.28. The van der Waals surface area contributed by atoms with Crippen molar-refractivity contribution in [1.29, 1.82) is 0 Å². The standard InChI is InChI=1S/C6H7Br2N3O/c1-11-5(6(9)12)4(8)3(2-7)10-11/h2H2,1H3,(H2,9,12). The van der Waals surface area contributed by atoms with Gasteiger partial charge < -0.3 is 5.73 Å². The second-order valence-electron chi connectivity index (χ2n) is 2.23. The van der Waals surface area contributed by atoms with Gasteiger partial charge in [0.15, 0.2) is 0 Å². The number of nitrogens with zero attached hydrogens (tertiary/aromatic N) is 2. The molecule has 6 heteroatoms. The van der Waals surface area contributed by atoms with Gasteiger partial charge in [-0.2, -0.15) is 5.10 Å². The Labute approximate surface area is 86.4 Å². The van der Waals surface area contributed by atoms with Gasteiger partial charge in [0.05, 0.1) is 10.2 Å². The molecule has 1 aromatic heterocycles. The zero-order valence-corrected chi connectivity index (χ0v) is 9.52. The second-order valence-corrected chi connectivity index (χ2v) is 3.58. The Kier molecular flexibility index (Phi) is 2.89. The molecule has 4 nitrogen and oxygen atoms in total. The first-order chi connectivity index (χ1) is 5.57. The highest BCUT2D eigenvalue weighted by Crippen LogP contribution is 2.22. The molecule has 1 heterocycles. The third-order valence-electron chi connectivity index (χ3n) is 1.42. The number of aromatic nitrogens is 2. The van der Waals surface area contributed by atoms with E-state index in [1.165, 1.54) is 4.68 Å². The maximum atomic E-state index is 10.9. The highest BCUT2D eigenvalue weighted by Gasteiger charge is 2.16. The largest absolute Gasteiger partial charge is 0.364 e. The van der Waals surface area contributed by atoms with Crippen molar-refractivity contribution in [2.45, 2.75) is 5.33 Å². The third kappa shape index (κ3) is 1.54. The van der Waals surface area contributed by atoms with E-state index >= 15 is 0 Å². The highest BCUT2D eigenvalue weighted by molar-refractivity contribution is 9.10. The molecule has 1 rings (SSSR count). The lowest BCUT2D eigenvalue weighted by molar-refractivity contribution is 0.0990. The predicted molar refractivity (Wildman–Crippen MR) is 52.1 cm³/mol. The molecule has 0 unspecified atom stereocenters. The van der Waals surface area contributed by atoms with Gasteiger partial charge >= 0.3 is 0 Å². The predicted octanol–water partition coefficient (Wildman–Crippen LogP) is 1.18. The molecule has 0 atom stereocenters. The minimum Gasteiger partial charge on any atom is -0.364 e. The number of aryl methyl sites for hydroxylation is 1. The zero-order chi connectivity index (χ0) is 9.30. The molecule has 0 aliphatic rings. The Morgan fingerprint density at radius 2 is 2.33 bits per heavy atom. The number of halogens is 2. The summed E-state index contributed by atoms with van der Waals surface area (Å²) in [6.07, 6.45) is 0. The van der Waals surface area contributed by atoms with Crippen molar-refractivity contribution in [1.82, 2.24) is 9.78 Å². The molecule has 0 aromatic carbocycles. The highest BCUT2D eigenvalue weighted by atomic mass is 79.9. The SMILES string of the molecule is Cn1nc(CBr)c(Br)c1C(N)=O. The van der Waals surface area contributed by atoms with Gasteiger partial charge in [-0.25, -0.2) is 0 Å². The maximum Gasteiger partial charge on any atom is 0.268 e. The first-order valence-electron chi connectivity index (χ1n) is 3.15. The van der Waals surface area contributed by atoms with Gasteiger partial charge in [-0.15, -0.1) is 0 Å². The minimum absolute atomic E-state index is 0.393. The van der Waals surface area contributed by atoms with Crippen LogP contribution in [0.25, 0.3) is 0 Å². The third-order valence-corrected chi connectivity index (χ3v) is 2.78. The molecule has 0 saturated carbocycles. The molecule has 2 N–H and O–H groups in total. The summed E-state index contributed by atoms with van der Waals surface area (Å²) >= 11 is 6.50. The van der Waals surface area contributed by atoms with Crippen LogP contribution in [0.15, 0.2) is 4.47 Å². The van der Waals surface area contributed by atoms with Crippen LogP contribution in [-0.4, -0.2) is 15.7 Å². The molecule has 1 aromatic rings. The lowest BCUT2D eigenvalue weighted by Crippen LogP contribution is -2.16. The fourth-order valence-corrected chi connectivity index (χ4v) is 2.35. The summed E-state index contributed by atoms with van der Waals surface area (Å²) in [5.74, 6) is -0.482. The number of rotatable bonds is 2. The molecule has 0 radical (unpaired) electrons. The van der Waals surface area contributed by atoms with Crippen LogP contribution in [0.3, 0.4) is 0 Å². The van der Waals surface area contributed by atoms with Crippen LogP contribution in [0.4, 0.5) is 0 Å². The maximum absolute atomic E-state index is 10.9. The molecular formula is C6H7Br2N3O. The molecule has 0 bridgehead atoms. The number of carbonyl (C=O) groups excluding carboxylic acids is 1. The van der Waals surface area contributed by atoms with Gasteiger partial charge in [0, 0.05) is 12.4 Å². The molecule has 0 saturated heterocycles. The average Bonchev–Trinajstić information content (AvgIpc) is 2.25. The van der Waals surface area contributed by atoms with E-state index in [-0.39, 0.29) is 0 Å². The summed E-state index contributed by atoms with van der Waals surface area (Å²) in [4.78, 5) is 10.9. The fraction of sp³-hybridized carbons (Fsp3) is 0.333. The molecular weight excluding hydrogens is 290 g/mol. The second kappa shape index (κ2) is 3.57. The van der Waals surface area contributed by atoms with E-state index in [1.54, 1.807) is 7.05 Å². The lowest BCUT2D eigenvalue weighted by Gasteiger charge is -1.94. The van der Waals surface area contributed by atoms with Crippen LogP contribution < -0.4 is 5.73 Å².